The molecule has 0 spiro atoms. The van der Waals surface area contributed by atoms with Crippen molar-refractivity contribution in [3.8, 4) is 5.88 Å². The van der Waals surface area contributed by atoms with Gasteiger partial charge in [-0.2, -0.15) is 5.10 Å². The van der Waals surface area contributed by atoms with Crippen molar-refractivity contribution < 1.29 is 19.5 Å². The molecule has 2 amide bonds. The molecule has 29 heavy (non-hydrogen) atoms. The van der Waals surface area contributed by atoms with Crippen molar-refractivity contribution in [2.24, 2.45) is 0 Å². The number of amides is 2. The zero-order valence-corrected chi connectivity index (χ0v) is 16.0. The number of ether oxygens (including phenoxy) is 1. The number of para-hydroxylation sites is 1. The number of aromatic nitrogens is 2. The number of hydroxylamine groups is 1. The Balaban J connectivity index is 1.44. The van der Waals surface area contributed by atoms with Gasteiger partial charge in [0.05, 0.1) is 12.8 Å². The predicted octanol–water partition coefficient (Wildman–Crippen LogP) is 1.15. The molecule has 0 aliphatic carbocycles. The zero-order chi connectivity index (χ0) is 20.2. The molecule has 3 heterocycles. The van der Waals surface area contributed by atoms with Crippen LogP contribution >= 0.6 is 0 Å². The van der Waals surface area contributed by atoms with Gasteiger partial charge in [0.15, 0.2) is 0 Å². The molecule has 9 nitrogen and oxygen atoms in total. The van der Waals surface area contributed by atoms with E-state index < -0.39 is 5.91 Å². The lowest BCUT2D eigenvalue weighted by atomic mass is 10.1. The first-order valence-electron chi connectivity index (χ1n) is 9.61. The van der Waals surface area contributed by atoms with E-state index in [-0.39, 0.29) is 5.91 Å². The van der Waals surface area contributed by atoms with Crippen molar-refractivity contribution in [2.75, 3.05) is 37.7 Å². The molecule has 4 rings (SSSR count). The van der Waals surface area contributed by atoms with Crippen molar-refractivity contribution in [3.05, 3.63) is 47.7 Å². The van der Waals surface area contributed by atoms with Crippen LogP contribution in [-0.2, 0) is 11.3 Å². The van der Waals surface area contributed by atoms with Crippen LogP contribution in [0, 0.1) is 0 Å². The van der Waals surface area contributed by atoms with Gasteiger partial charge in [-0.15, -0.1) is 0 Å². The first kappa shape index (κ1) is 19.0. The molecule has 2 aliphatic rings. The molecule has 0 atom stereocenters. The van der Waals surface area contributed by atoms with E-state index in [1.54, 1.807) is 22.4 Å². The minimum atomic E-state index is -0.582. The zero-order valence-electron chi connectivity index (χ0n) is 16.0. The Morgan fingerprint density at radius 3 is 2.72 bits per heavy atom. The number of fused-ring (bicyclic) bond motifs is 1. The highest BCUT2D eigenvalue weighted by Crippen LogP contribution is 2.26. The summed E-state index contributed by atoms with van der Waals surface area (Å²) in [4.78, 5) is 28.2. The summed E-state index contributed by atoms with van der Waals surface area (Å²) in [5.41, 5.74) is 3.96. The van der Waals surface area contributed by atoms with Gasteiger partial charge in [-0.05, 0) is 17.7 Å². The number of carbonyl (C=O) groups is 2. The summed E-state index contributed by atoms with van der Waals surface area (Å²) in [5, 5.41) is 12.9. The molecule has 1 aromatic heterocycles. The van der Waals surface area contributed by atoms with Crippen molar-refractivity contribution in [3.63, 3.8) is 0 Å². The van der Waals surface area contributed by atoms with Gasteiger partial charge in [-0.3, -0.25) is 14.8 Å². The number of carbonyl (C=O) groups excluding carboxylic acids is 2. The van der Waals surface area contributed by atoms with Crippen molar-refractivity contribution in [2.45, 2.75) is 13.0 Å². The van der Waals surface area contributed by atoms with Crippen LogP contribution in [0.3, 0.4) is 0 Å². The predicted molar refractivity (Wildman–Crippen MR) is 106 cm³/mol. The Labute approximate surface area is 168 Å². The maximum atomic E-state index is 12.9. The highest BCUT2D eigenvalue weighted by atomic mass is 16.5. The van der Waals surface area contributed by atoms with Gasteiger partial charge < -0.3 is 14.5 Å². The lowest BCUT2D eigenvalue weighted by molar-refractivity contribution is -0.124. The molecule has 2 aliphatic heterocycles. The number of benzene rings is 1. The van der Waals surface area contributed by atoms with Crippen molar-refractivity contribution in [1.29, 1.82) is 0 Å². The fourth-order valence-electron chi connectivity index (χ4n) is 3.66. The molecule has 1 saturated heterocycles. The Morgan fingerprint density at radius 1 is 1.14 bits per heavy atom. The van der Waals surface area contributed by atoms with Crippen LogP contribution in [0.4, 0.5) is 5.69 Å². The van der Waals surface area contributed by atoms with Gasteiger partial charge in [0.1, 0.15) is 5.56 Å². The standard InChI is InChI=1S/C20H23N5O4/c26-18(22-28)7-6-15-4-1-2-5-17(15)23-9-11-24(12-10-23)19(27)16-14-21-25-8-3-13-29-20(16)25/h1-2,4-7,14,28H,3,8-13H2,(H,22,26)/b7-6+. The number of anilines is 1. The van der Waals surface area contributed by atoms with E-state index in [0.29, 0.717) is 44.2 Å². The van der Waals surface area contributed by atoms with Crippen LogP contribution in [0.15, 0.2) is 36.5 Å². The fourth-order valence-corrected chi connectivity index (χ4v) is 3.66. The fraction of sp³-hybridized carbons (Fsp3) is 0.350. The third kappa shape index (κ3) is 3.95. The third-order valence-electron chi connectivity index (χ3n) is 5.14. The van der Waals surface area contributed by atoms with Gasteiger partial charge in [0.2, 0.25) is 5.88 Å². The molecule has 1 fully saturated rings. The number of nitrogens with zero attached hydrogens (tertiary/aromatic N) is 4. The summed E-state index contributed by atoms with van der Waals surface area (Å²) in [7, 11) is 0. The Morgan fingerprint density at radius 2 is 1.93 bits per heavy atom. The molecule has 0 radical (unpaired) electrons. The molecule has 0 unspecified atom stereocenters. The second-order valence-electron chi connectivity index (χ2n) is 6.94. The summed E-state index contributed by atoms with van der Waals surface area (Å²) < 4.78 is 7.40. The smallest absolute Gasteiger partial charge is 0.267 e. The first-order chi connectivity index (χ1) is 14.2. The number of hydrogen-bond donors (Lipinski definition) is 2. The van der Waals surface area contributed by atoms with E-state index in [2.05, 4.69) is 10.00 Å². The van der Waals surface area contributed by atoms with E-state index in [9.17, 15) is 9.59 Å². The maximum Gasteiger partial charge on any atom is 0.267 e. The van der Waals surface area contributed by atoms with Gasteiger partial charge >= 0.3 is 0 Å². The Kier molecular flexibility index (Phi) is 5.48. The Hall–Kier alpha value is -3.33. The maximum absolute atomic E-state index is 12.9. The van der Waals surface area contributed by atoms with E-state index in [4.69, 9.17) is 9.94 Å². The highest BCUT2D eigenvalue weighted by molar-refractivity contribution is 5.96. The molecule has 0 saturated carbocycles. The molecule has 0 bridgehead atoms. The normalized spacial score (nSPS) is 16.4. The monoisotopic (exact) mass is 397 g/mol. The summed E-state index contributed by atoms with van der Waals surface area (Å²) in [6, 6.07) is 7.72. The van der Waals surface area contributed by atoms with E-state index in [1.807, 2.05) is 29.2 Å². The second-order valence-corrected chi connectivity index (χ2v) is 6.94. The highest BCUT2D eigenvalue weighted by Gasteiger charge is 2.28. The number of rotatable bonds is 4. The van der Waals surface area contributed by atoms with Crippen LogP contribution < -0.4 is 15.1 Å². The topological polar surface area (TPSA) is 99.9 Å². The van der Waals surface area contributed by atoms with Crippen molar-refractivity contribution in [1.82, 2.24) is 20.2 Å². The van der Waals surface area contributed by atoms with Gasteiger partial charge in [0.25, 0.3) is 11.8 Å². The molecular formula is C20H23N5O4. The summed E-state index contributed by atoms with van der Waals surface area (Å²) in [6.45, 7) is 3.89. The van der Waals surface area contributed by atoms with Gasteiger partial charge in [0, 0.05) is 50.9 Å². The van der Waals surface area contributed by atoms with Gasteiger partial charge in [-0.1, -0.05) is 18.2 Å². The summed E-state index contributed by atoms with van der Waals surface area (Å²) in [5.74, 6) is -0.0659. The van der Waals surface area contributed by atoms with Crippen LogP contribution in [0.25, 0.3) is 6.08 Å². The number of hydrogen-bond acceptors (Lipinski definition) is 6. The summed E-state index contributed by atoms with van der Waals surface area (Å²) >= 11 is 0. The second kappa shape index (κ2) is 8.36. The summed E-state index contributed by atoms with van der Waals surface area (Å²) in [6.07, 6.45) is 5.44. The van der Waals surface area contributed by atoms with Gasteiger partial charge in [-0.25, -0.2) is 10.2 Å². The lowest BCUT2D eigenvalue weighted by Gasteiger charge is -2.36. The molecule has 152 valence electrons. The van der Waals surface area contributed by atoms with Crippen LogP contribution in [0.5, 0.6) is 5.88 Å². The first-order valence-corrected chi connectivity index (χ1v) is 9.61. The third-order valence-corrected chi connectivity index (χ3v) is 5.14. The molecule has 1 aromatic carbocycles. The minimum absolute atomic E-state index is 0.0550. The number of nitrogens with one attached hydrogen (secondary N) is 1. The molecule has 9 heteroatoms. The Bertz CT molecular complexity index is 931. The average molecular weight is 397 g/mol. The quantitative estimate of drug-likeness (QED) is 0.456. The number of aryl methyl sites for hydroxylation is 1. The molecule has 2 aromatic rings. The van der Waals surface area contributed by atoms with Crippen LogP contribution in [0.2, 0.25) is 0 Å². The van der Waals surface area contributed by atoms with E-state index in [1.165, 1.54) is 6.08 Å². The molecule has 2 N–H and O–H groups in total. The SMILES string of the molecule is O=C(/C=C/c1ccccc1N1CCN(C(=O)c2cnn3c2OCCC3)CC1)NO. The lowest BCUT2D eigenvalue weighted by Crippen LogP contribution is -2.49. The molecular weight excluding hydrogens is 374 g/mol. The van der Waals surface area contributed by atoms with E-state index in [0.717, 1.165) is 24.2 Å². The van der Waals surface area contributed by atoms with Crippen LogP contribution in [0.1, 0.15) is 22.3 Å². The van der Waals surface area contributed by atoms with Crippen LogP contribution in [-0.4, -0.2) is 64.5 Å². The van der Waals surface area contributed by atoms with E-state index >= 15 is 0 Å². The average Bonchev–Trinajstić information content (AvgIpc) is 3.21. The number of piperazine rings is 1. The minimum Gasteiger partial charge on any atom is -0.477 e. The largest absolute Gasteiger partial charge is 0.477 e. The van der Waals surface area contributed by atoms with Crippen molar-refractivity contribution >= 4 is 23.6 Å².